The Morgan fingerprint density at radius 2 is 1.70 bits per heavy atom. The van der Waals surface area contributed by atoms with Crippen LogP contribution in [0.4, 0.5) is 5.69 Å². The summed E-state index contributed by atoms with van der Waals surface area (Å²) in [6, 6.07) is 25.6. The van der Waals surface area contributed by atoms with E-state index in [9.17, 15) is 4.79 Å². The normalized spacial score (nSPS) is 10.3. The van der Waals surface area contributed by atoms with Gasteiger partial charge in [-0.1, -0.05) is 78.6 Å². The molecule has 0 aliphatic carbocycles. The lowest BCUT2D eigenvalue weighted by molar-refractivity contribution is -0.116. The van der Waals surface area contributed by atoms with Crippen LogP contribution in [0.3, 0.4) is 0 Å². The molecule has 3 aromatic rings. The van der Waals surface area contributed by atoms with E-state index in [1.807, 2.05) is 90.7 Å². The third-order valence-corrected chi connectivity index (χ3v) is 5.84. The fourth-order valence-corrected chi connectivity index (χ4v) is 4.10. The SMILES string of the molecule is COc1ccc(C)cc1NC(=O)CN(Cc1ccccc1)C(=S)Sc1ccccc1. The lowest BCUT2D eigenvalue weighted by Crippen LogP contribution is -2.35. The molecule has 0 bridgehead atoms. The van der Waals surface area contributed by atoms with E-state index >= 15 is 0 Å². The number of thioether (sulfide) groups is 1. The standard InChI is InChI=1S/C24H24N2O2S2/c1-18-13-14-22(28-2)21(15-18)25-23(27)17-26(16-19-9-5-3-6-10-19)24(29)30-20-11-7-4-8-12-20/h3-15H,16-17H2,1-2H3,(H,25,27). The highest BCUT2D eigenvalue weighted by atomic mass is 32.2. The molecule has 0 saturated carbocycles. The molecule has 0 atom stereocenters. The van der Waals surface area contributed by atoms with Crippen LogP contribution in [-0.2, 0) is 11.3 Å². The molecule has 0 heterocycles. The number of nitrogens with one attached hydrogen (secondary N) is 1. The second-order valence-corrected chi connectivity index (χ2v) is 8.48. The Morgan fingerprint density at radius 3 is 2.37 bits per heavy atom. The Hall–Kier alpha value is -2.83. The second-order valence-electron chi connectivity index (χ2n) is 6.77. The van der Waals surface area contributed by atoms with Gasteiger partial charge in [0.05, 0.1) is 19.3 Å². The van der Waals surface area contributed by atoms with Gasteiger partial charge in [0.2, 0.25) is 5.91 Å². The number of rotatable bonds is 7. The number of benzene rings is 3. The van der Waals surface area contributed by atoms with Gasteiger partial charge in [0, 0.05) is 11.4 Å². The van der Waals surface area contributed by atoms with Crippen LogP contribution in [-0.4, -0.2) is 28.8 Å². The Balaban J connectivity index is 1.75. The van der Waals surface area contributed by atoms with Crippen LogP contribution >= 0.6 is 24.0 Å². The van der Waals surface area contributed by atoms with Gasteiger partial charge >= 0.3 is 0 Å². The average Bonchev–Trinajstić information content (AvgIpc) is 2.75. The molecule has 3 rings (SSSR count). The van der Waals surface area contributed by atoms with E-state index in [0.717, 1.165) is 16.0 Å². The van der Waals surface area contributed by atoms with Crippen molar-refractivity contribution < 1.29 is 9.53 Å². The number of anilines is 1. The number of aryl methyl sites for hydroxylation is 1. The van der Waals surface area contributed by atoms with Gasteiger partial charge in [0.15, 0.2) is 0 Å². The van der Waals surface area contributed by atoms with Gasteiger partial charge in [-0.05, 0) is 42.3 Å². The van der Waals surface area contributed by atoms with Gasteiger partial charge in [-0.25, -0.2) is 0 Å². The maximum Gasteiger partial charge on any atom is 0.244 e. The quantitative estimate of drug-likeness (QED) is 0.390. The highest BCUT2D eigenvalue weighted by Crippen LogP contribution is 2.26. The second kappa shape index (κ2) is 10.8. The molecule has 0 aromatic heterocycles. The first-order valence-corrected chi connectivity index (χ1v) is 10.8. The van der Waals surface area contributed by atoms with E-state index in [1.54, 1.807) is 7.11 Å². The number of carbonyl (C=O) groups excluding carboxylic acids is 1. The number of nitrogens with zero attached hydrogens (tertiary/aromatic N) is 1. The van der Waals surface area contributed by atoms with Crippen LogP contribution in [0.2, 0.25) is 0 Å². The van der Waals surface area contributed by atoms with Gasteiger partial charge in [0.1, 0.15) is 10.1 Å². The molecule has 6 heteroatoms. The first-order valence-electron chi connectivity index (χ1n) is 9.55. The van der Waals surface area contributed by atoms with Crippen LogP contribution in [0.25, 0.3) is 0 Å². The van der Waals surface area contributed by atoms with Crippen molar-refractivity contribution in [3.8, 4) is 5.75 Å². The van der Waals surface area contributed by atoms with E-state index in [1.165, 1.54) is 11.8 Å². The number of hydrogen-bond acceptors (Lipinski definition) is 4. The Morgan fingerprint density at radius 1 is 1.03 bits per heavy atom. The zero-order chi connectivity index (χ0) is 21.3. The number of carbonyl (C=O) groups is 1. The van der Waals surface area contributed by atoms with E-state index in [-0.39, 0.29) is 12.5 Å². The lowest BCUT2D eigenvalue weighted by Gasteiger charge is -2.24. The first-order chi connectivity index (χ1) is 14.5. The van der Waals surface area contributed by atoms with Gasteiger partial charge in [-0.3, -0.25) is 4.79 Å². The summed E-state index contributed by atoms with van der Waals surface area (Å²) >= 11 is 7.18. The van der Waals surface area contributed by atoms with Gasteiger partial charge < -0.3 is 15.0 Å². The maximum atomic E-state index is 12.9. The monoisotopic (exact) mass is 436 g/mol. The molecule has 30 heavy (non-hydrogen) atoms. The van der Waals surface area contributed by atoms with Crippen LogP contribution < -0.4 is 10.1 Å². The third-order valence-electron chi connectivity index (χ3n) is 4.39. The van der Waals surface area contributed by atoms with E-state index in [4.69, 9.17) is 17.0 Å². The summed E-state index contributed by atoms with van der Waals surface area (Å²) in [7, 11) is 1.59. The topological polar surface area (TPSA) is 41.6 Å². The Kier molecular flexibility index (Phi) is 7.88. The molecule has 0 fully saturated rings. The largest absolute Gasteiger partial charge is 0.495 e. The minimum absolute atomic E-state index is 0.144. The van der Waals surface area contributed by atoms with Gasteiger partial charge in [-0.15, -0.1) is 0 Å². The fraction of sp³-hybridized carbons (Fsp3) is 0.167. The van der Waals surface area contributed by atoms with Crippen molar-refractivity contribution in [2.45, 2.75) is 18.4 Å². The van der Waals surface area contributed by atoms with E-state index in [2.05, 4.69) is 5.32 Å². The Bertz CT molecular complexity index is 995. The summed E-state index contributed by atoms with van der Waals surface area (Å²) in [5.41, 5.74) is 2.79. The molecule has 1 N–H and O–H groups in total. The van der Waals surface area contributed by atoms with Gasteiger partial charge in [0.25, 0.3) is 0 Å². The molecule has 0 aliphatic rings. The maximum absolute atomic E-state index is 12.9. The number of thiocarbonyl (C=S) groups is 1. The fourth-order valence-electron chi connectivity index (χ4n) is 2.93. The predicted octanol–water partition coefficient (Wildman–Crippen LogP) is 5.52. The number of amides is 1. The van der Waals surface area contributed by atoms with Crippen LogP contribution in [0.15, 0.2) is 83.8 Å². The molecule has 3 aromatic carbocycles. The molecule has 1 amide bonds. The molecule has 0 aliphatic heterocycles. The van der Waals surface area contributed by atoms with E-state index in [0.29, 0.717) is 22.3 Å². The van der Waals surface area contributed by atoms with Gasteiger partial charge in [-0.2, -0.15) is 0 Å². The van der Waals surface area contributed by atoms with Crippen molar-refractivity contribution in [2.75, 3.05) is 19.0 Å². The smallest absolute Gasteiger partial charge is 0.244 e. The molecule has 0 radical (unpaired) electrons. The van der Waals surface area contributed by atoms with Crippen LogP contribution in [0, 0.1) is 6.92 Å². The zero-order valence-electron chi connectivity index (χ0n) is 17.0. The van der Waals surface area contributed by atoms with Crippen molar-refractivity contribution in [3.63, 3.8) is 0 Å². The zero-order valence-corrected chi connectivity index (χ0v) is 18.6. The molecule has 154 valence electrons. The molecule has 4 nitrogen and oxygen atoms in total. The molecular weight excluding hydrogens is 412 g/mol. The van der Waals surface area contributed by atoms with Crippen LogP contribution in [0.1, 0.15) is 11.1 Å². The van der Waals surface area contributed by atoms with Crippen LogP contribution in [0.5, 0.6) is 5.75 Å². The highest BCUT2D eigenvalue weighted by Gasteiger charge is 2.17. The third kappa shape index (κ3) is 6.34. The first kappa shape index (κ1) is 21.9. The van der Waals surface area contributed by atoms with Crippen molar-refractivity contribution in [2.24, 2.45) is 0 Å². The van der Waals surface area contributed by atoms with Crippen molar-refractivity contribution >= 4 is 39.9 Å². The van der Waals surface area contributed by atoms with Crippen molar-refractivity contribution in [1.82, 2.24) is 4.90 Å². The minimum atomic E-state index is -0.147. The molecule has 0 unspecified atom stereocenters. The van der Waals surface area contributed by atoms with Crippen molar-refractivity contribution in [1.29, 1.82) is 0 Å². The average molecular weight is 437 g/mol. The summed E-state index contributed by atoms with van der Waals surface area (Å²) in [4.78, 5) is 15.8. The summed E-state index contributed by atoms with van der Waals surface area (Å²) in [5, 5.41) is 2.96. The minimum Gasteiger partial charge on any atom is -0.495 e. The highest BCUT2D eigenvalue weighted by molar-refractivity contribution is 8.22. The number of hydrogen-bond donors (Lipinski definition) is 1. The molecule has 0 saturated heterocycles. The summed E-state index contributed by atoms with van der Waals surface area (Å²) in [6.45, 7) is 2.67. The molecule has 0 spiro atoms. The number of ether oxygens (including phenoxy) is 1. The Labute approximate surface area is 187 Å². The predicted molar refractivity (Wildman–Crippen MR) is 128 cm³/mol. The lowest BCUT2D eigenvalue weighted by atomic mass is 10.2. The van der Waals surface area contributed by atoms with Crippen molar-refractivity contribution in [3.05, 3.63) is 90.0 Å². The molecular formula is C24H24N2O2S2. The summed E-state index contributed by atoms with van der Waals surface area (Å²) in [5.74, 6) is 0.482. The summed E-state index contributed by atoms with van der Waals surface area (Å²) in [6.07, 6.45) is 0. The number of methoxy groups -OCH3 is 1. The summed E-state index contributed by atoms with van der Waals surface area (Å²) < 4.78 is 6.02. The van der Waals surface area contributed by atoms with E-state index < -0.39 is 0 Å².